The number of imidazole rings is 1. The summed E-state index contributed by atoms with van der Waals surface area (Å²) in [5.41, 5.74) is 7.78. The summed E-state index contributed by atoms with van der Waals surface area (Å²) < 4.78 is 4.74. The van der Waals surface area contributed by atoms with Crippen LogP contribution in [0.1, 0.15) is 17.7 Å². The van der Waals surface area contributed by atoms with E-state index in [1.807, 2.05) is 30.3 Å². The molecule has 0 spiro atoms. The highest BCUT2D eigenvalue weighted by Crippen LogP contribution is 2.05. The molecule has 0 radical (unpaired) electrons. The van der Waals surface area contributed by atoms with Crippen molar-refractivity contribution in [2.45, 2.75) is 31.3 Å². The Bertz CT molecular complexity index is 653. The topological polar surface area (TPSA) is 110 Å². The van der Waals surface area contributed by atoms with Gasteiger partial charge in [-0.25, -0.2) is 9.78 Å². The van der Waals surface area contributed by atoms with E-state index in [4.69, 9.17) is 10.5 Å². The van der Waals surface area contributed by atoms with Gasteiger partial charge >= 0.3 is 5.97 Å². The highest BCUT2D eigenvalue weighted by Gasteiger charge is 2.25. The van der Waals surface area contributed by atoms with Crippen LogP contribution < -0.4 is 11.1 Å². The molecule has 2 atom stereocenters. The minimum Gasteiger partial charge on any atom is -0.467 e. The van der Waals surface area contributed by atoms with Gasteiger partial charge in [-0.3, -0.25) is 4.79 Å². The Morgan fingerprint density at radius 2 is 1.96 bits per heavy atom. The lowest BCUT2D eigenvalue weighted by Crippen LogP contribution is -2.49. The Morgan fingerprint density at radius 1 is 1.27 bits per heavy atom. The van der Waals surface area contributed by atoms with E-state index in [0.29, 0.717) is 12.8 Å². The smallest absolute Gasteiger partial charge is 0.328 e. The number of aromatic nitrogens is 2. The predicted octanol–water partition coefficient (Wildman–Crippen LogP) is 1.73. The van der Waals surface area contributed by atoms with Crippen molar-refractivity contribution in [2.75, 3.05) is 7.11 Å². The van der Waals surface area contributed by atoms with Crippen molar-refractivity contribution in [1.82, 2.24) is 15.3 Å². The highest BCUT2D eigenvalue weighted by molar-refractivity contribution is 8.93. The van der Waals surface area contributed by atoms with E-state index in [2.05, 4.69) is 15.3 Å². The van der Waals surface area contributed by atoms with E-state index >= 15 is 0 Å². The average molecular weight is 492 g/mol. The quantitative estimate of drug-likeness (QED) is 0.487. The Kier molecular flexibility index (Phi) is 11.8. The van der Waals surface area contributed by atoms with Crippen molar-refractivity contribution in [2.24, 2.45) is 5.73 Å². The summed E-state index contributed by atoms with van der Waals surface area (Å²) in [6.45, 7) is 0. The zero-order chi connectivity index (χ0) is 17.4. The molecule has 4 N–H and O–H groups in total. The fraction of sp³-hybridized carbons (Fsp3) is 0.353. The lowest BCUT2D eigenvalue weighted by Gasteiger charge is -2.18. The van der Waals surface area contributed by atoms with Gasteiger partial charge in [-0.1, -0.05) is 30.3 Å². The molecule has 2 aromatic rings. The summed E-state index contributed by atoms with van der Waals surface area (Å²) in [4.78, 5) is 30.9. The lowest BCUT2D eigenvalue weighted by molar-refractivity contribution is -0.145. The van der Waals surface area contributed by atoms with Crippen LogP contribution in [0.5, 0.6) is 0 Å². The number of benzene rings is 1. The number of carbonyl (C=O) groups excluding carboxylic acids is 2. The van der Waals surface area contributed by atoms with Crippen LogP contribution in [0.3, 0.4) is 0 Å². The summed E-state index contributed by atoms with van der Waals surface area (Å²) in [6.07, 6.45) is 4.56. The standard InChI is InChI=1S/C17H22N4O3.2BrH/c1-24-17(23)15(9-13-10-19-11-20-13)21-16(22)14(18)8-7-12-5-3-2-4-6-12;;/h2-6,10-11,14-15H,7-9,18H2,1H3,(H,19,20)(H,21,22);2*1H/t14?,15-;;/m0../s1. The zero-order valence-corrected chi connectivity index (χ0v) is 17.8. The highest BCUT2D eigenvalue weighted by atomic mass is 79.9. The predicted molar refractivity (Wildman–Crippen MR) is 110 cm³/mol. The second-order valence-corrected chi connectivity index (χ2v) is 5.50. The van der Waals surface area contributed by atoms with Crippen molar-refractivity contribution in [3.63, 3.8) is 0 Å². The summed E-state index contributed by atoms with van der Waals surface area (Å²) in [6, 6.07) is 8.30. The van der Waals surface area contributed by atoms with E-state index in [0.717, 1.165) is 11.3 Å². The van der Waals surface area contributed by atoms with Gasteiger partial charge in [0.25, 0.3) is 0 Å². The molecular formula is C17H24Br2N4O3. The number of halogens is 2. The number of esters is 1. The van der Waals surface area contributed by atoms with Crippen LogP contribution >= 0.6 is 34.0 Å². The third-order valence-corrected chi connectivity index (χ3v) is 3.70. The van der Waals surface area contributed by atoms with Crippen LogP contribution in [0, 0.1) is 0 Å². The maximum Gasteiger partial charge on any atom is 0.328 e. The van der Waals surface area contributed by atoms with E-state index in [-0.39, 0.29) is 46.3 Å². The number of hydrogen-bond acceptors (Lipinski definition) is 5. The SMILES string of the molecule is Br.Br.COC(=O)[C@H](Cc1cnc[nH]1)NC(=O)C(N)CCc1ccccc1. The van der Waals surface area contributed by atoms with Gasteiger partial charge in [0.2, 0.25) is 5.91 Å². The van der Waals surface area contributed by atoms with Gasteiger partial charge in [0.15, 0.2) is 0 Å². The van der Waals surface area contributed by atoms with Gasteiger partial charge in [0, 0.05) is 18.3 Å². The molecule has 1 unspecified atom stereocenters. The number of hydrogen-bond donors (Lipinski definition) is 3. The van der Waals surface area contributed by atoms with Gasteiger partial charge in [-0.15, -0.1) is 34.0 Å². The zero-order valence-electron chi connectivity index (χ0n) is 14.4. The van der Waals surface area contributed by atoms with Crippen LogP contribution in [-0.2, 0) is 27.2 Å². The minimum atomic E-state index is -0.800. The summed E-state index contributed by atoms with van der Waals surface area (Å²) in [5.74, 6) is -0.894. The second kappa shape index (κ2) is 12.6. The molecule has 0 aliphatic heterocycles. The third kappa shape index (κ3) is 7.67. The van der Waals surface area contributed by atoms with Gasteiger partial charge in [-0.2, -0.15) is 0 Å². The first-order valence-electron chi connectivity index (χ1n) is 7.75. The molecule has 1 amide bonds. The molecule has 2 rings (SSSR count). The number of aromatic amines is 1. The molecule has 1 heterocycles. The normalized spacial score (nSPS) is 12.1. The molecule has 1 aromatic carbocycles. The van der Waals surface area contributed by atoms with Crippen molar-refractivity contribution in [1.29, 1.82) is 0 Å². The molecule has 144 valence electrons. The van der Waals surface area contributed by atoms with Crippen molar-refractivity contribution >= 4 is 45.8 Å². The summed E-state index contributed by atoms with van der Waals surface area (Å²) in [7, 11) is 1.28. The molecule has 0 bridgehead atoms. The molecule has 0 saturated heterocycles. The second-order valence-electron chi connectivity index (χ2n) is 5.50. The number of nitrogens with zero attached hydrogens (tertiary/aromatic N) is 1. The Labute approximate surface area is 173 Å². The van der Waals surface area contributed by atoms with Gasteiger partial charge in [0.05, 0.1) is 19.5 Å². The molecule has 0 aliphatic rings. The van der Waals surface area contributed by atoms with Crippen LogP contribution in [0.25, 0.3) is 0 Å². The van der Waals surface area contributed by atoms with E-state index in [9.17, 15) is 9.59 Å². The maximum absolute atomic E-state index is 12.3. The summed E-state index contributed by atoms with van der Waals surface area (Å²) >= 11 is 0. The third-order valence-electron chi connectivity index (χ3n) is 3.70. The molecule has 0 saturated carbocycles. The largest absolute Gasteiger partial charge is 0.467 e. The van der Waals surface area contributed by atoms with Crippen LogP contribution in [-0.4, -0.2) is 41.0 Å². The number of methoxy groups -OCH3 is 1. The number of aryl methyl sites for hydroxylation is 1. The summed E-state index contributed by atoms with van der Waals surface area (Å²) in [5, 5.41) is 2.66. The maximum atomic E-state index is 12.3. The number of amides is 1. The van der Waals surface area contributed by atoms with Crippen LogP contribution in [0.2, 0.25) is 0 Å². The first-order valence-corrected chi connectivity index (χ1v) is 7.75. The Balaban J connectivity index is 0.00000312. The van der Waals surface area contributed by atoms with E-state index in [1.165, 1.54) is 13.4 Å². The fourth-order valence-corrected chi connectivity index (χ4v) is 2.33. The first-order chi connectivity index (χ1) is 11.6. The number of nitrogens with one attached hydrogen (secondary N) is 2. The van der Waals surface area contributed by atoms with Gasteiger partial charge < -0.3 is 20.8 Å². The van der Waals surface area contributed by atoms with Crippen molar-refractivity contribution in [3.8, 4) is 0 Å². The molecule has 0 fully saturated rings. The molecular weight excluding hydrogens is 468 g/mol. The average Bonchev–Trinajstić information content (AvgIpc) is 3.12. The Hall–Kier alpha value is -1.71. The Morgan fingerprint density at radius 3 is 2.54 bits per heavy atom. The van der Waals surface area contributed by atoms with E-state index < -0.39 is 18.1 Å². The molecule has 7 nitrogen and oxygen atoms in total. The number of H-pyrrole nitrogens is 1. The first kappa shape index (κ1) is 24.3. The number of carbonyl (C=O) groups is 2. The number of nitrogens with two attached hydrogens (primary N) is 1. The number of rotatable bonds is 8. The lowest BCUT2D eigenvalue weighted by atomic mass is 10.0. The minimum absolute atomic E-state index is 0. The van der Waals surface area contributed by atoms with Crippen LogP contribution in [0.15, 0.2) is 42.9 Å². The fourth-order valence-electron chi connectivity index (χ4n) is 2.33. The monoisotopic (exact) mass is 490 g/mol. The van der Waals surface area contributed by atoms with Crippen molar-refractivity contribution in [3.05, 3.63) is 54.1 Å². The molecule has 26 heavy (non-hydrogen) atoms. The van der Waals surface area contributed by atoms with Crippen LogP contribution in [0.4, 0.5) is 0 Å². The number of ether oxygens (including phenoxy) is 1. The van der Waals surface area contributed by atoms with E-state index in [1.54, 1.807) is 6.20 Å². The van der Waals surface area contributed by atoms with Gasteiger partial charge in [-0.05, 0) is 18.4 Å². The van der Waals surface area contributed by atoms with Crippen molar-refractivity contribution < 1.29 is 14.3 Å². The molecule has 0 aliphatic carbocycles. The molecule has 9 heteroatoms. The van der Waals surface area contributed by atoms with Gasteiger partial charge in [0.1, 0.15) is 6.04 Å². The molecule has 1 aromatic heterocycles.